The van der Waals surface area contributed by atoms with Gasteiger partial charge in [-0.05, 0) is 32.1 Å². The molecule has 5 nitrogen and oxygen atoms in total. The minimum absolute atomic E-state index is 0.216. The molecule has 0 aromatic carbocycles. The highest BCUT2D eigenvalue weighted by Crippen LogP contribution is 2.30. The van der Waals surface area contributed by atoms with Crippen molar-refractivity contribution in [2.75, 3.05) is 11.9 Å². The minimum atomic E-state index is -0.861. The van der Waals surface area contributed by atoms with Crippen LogP contribution in [0.3, 0.4) is 0 Å². The Hall–Kier alpha value is -1.07. The maximum atomic E-state index is 12.2. The van der Waals surface area contributed by atoms with Gasteiger partial charge in [0.25, 0.3) is 5.56 Å². The van der Waals surface area contributed by atoms with Crippen LogP contribution in [0.1, 0.15) is 33.1 Å². The molecule has 1 aliphatic carbocycles. The van der Waals surface area contributed by atoms with Gasteiger partial charge in [-0.25, -0.2) is 4.68 Å². The Balaban J connectivity index is 2.16. The Morgan fingerprint density at radius 2 is 2.32 bits per heavy atom. The molecule has 0 amide bonds. The highest BCUT2D eigenvalue weighted by atomic mass is 35.5. The van der Waals surface area contributed by atoms with Crippen molar-refractivity contribution in [1.82, 2.24) is 9.78 Å². The lowest BCUT2D eigenvalue weighted by atomic mass is 10.0. The smallest absolute Gasteiger partial charge is 0.291 e. The molecule has 1 atom stereocenters. The van der Waals surface area contributed by atoms with Crippen LogP contribution in [0.25, 0.3) is 0 Å². The molecule has 1 heterocycles. The third kappa shape index (κ3) is 3.70. The van der Waals surface area contributed by atoms with Gasteiger partial charge in [-0.3, -0.25) is 4.79 Å². The van der Waals surface area contributed by atoms with Crippen LogP contribution in [0.5, 0.6) is 0 Å². The van der Waals surface area contributed by atoms with E-state index in [2.05, 4.69) is 10.4 Å². The second-order valence-electron chi connectivity index (χ2n) is 5.50. The van der Waals surface area contributed by atoms with E-state index in [0.717, 1.165) is 12.8 Å². The maximum absolute atomic E-state index is 12.2. The number of rotatable bonds is 6. The Labute approximate surface area is 117 Å². The fourth-order valence-corrected chi connectivity index (χ4v) is 1.90. The van der Waals surface area contributed by atoms with Gasteiger partial charge in [-0.1, -0.05) is 18.5 Å². The van der Waals surface area contributed by atoms with E-state index in [1.54, 1.807) is 6.92 Å². The molecule has 0 bridgehead atoms. The van der Waals surface area contributed by atoms with Crippen LogP contribution in [-0.4, -0.2) is 27.0 Å². The van der Waals surface area contributed by atoms with Crippen molar-refractivity contribution in [3.8, 4) is 0 Å². The normalized spacial score (nSPS) is 18.1. The van der Waals surface area contributed by atoms with E-state index in [1.165, 1.54) is 10.9 Å². The summed E-state index contributed by atoms with van der Waals surface area (Å²) in [6.45, 7) is 4.54. The number of nitrogens with one attached hydrogen (secondary N) is 1. The quantitative estimate of drug-likeness (QED) is 0.837. The standard InChI is InChI=1S/C13H20ClN3O2/c1-3-13(2,19)8-15-11-10(14)6-16-17(12(11)18)7-9-4-5-9/h6,9,15,19H,3-5,7-8H2,1-2H3. The average Bonchev–Trinajstić information content (AvgIpc) is 3.16. The molecule has 19 heavy (non-hydrogen) atoms. The monoisotopic (exact) mass is 285 g/mol. The summed E-state index contributed by atoms with van der Waals surface area (Å²) in [6.07, 6.45) is 4.39. The van der Waals surface area contributed by atoms with Gasteiger partial charge in [0.15, 0.2) is 0 Å². The molecule has 0 spiro atoms. The van der Waals surface area contributed by atoms with Gasteiger partial charge in [0.2, 0.25) is 0 Å². The molecule has 0 saturated heterocycles. The second kappa shape index (κ2) is 5.51. The van der Waals surface area contributed by atoms with Gasteiger partial charge in [0, 0.05) is 13.1 Å². The second-order valence-corrected chi connectivity index (χ2v) is 5.91. The molecule has 1 aromatic heterocycles. The molecule has 1 aromatic rings. The molecule has 0 aliphatic heterocycles. The van der Waals surface area contributed by atoms with Crippen LogP contribution in [0.2, 0.25) is 5.02 Å². The van der Waals surface area contributed by atoms with E-state index in [-0.39, 0.29) is 12.1 Å². The number of aliphatic hydroxyl groups is 1. The van der Waals surface area contributed by atoms with Crippen LogP contribution >= 0.6 is 11.6 Å². The highest BCUT2D eigenvalue weighted by Gasteiger charge is 2.24. The SMILES string of the molecule is CCC(C)(O)CNc1c(Cl)cnn(CC2CC2)c1=O. The molecule has 1 fully saturated rings. The number of aromatic nitrogens is 2. The zero-order chi connectivity index (χ0) is 14.0. The predicted molar refractivity (Wildman–Crippen MR) is 75.6 cm³/mol. The first-order chi connectivity index (χ1) is 8.93. The Bertz CT molecular complexity index is 509. The zero-order valence-electron chi connectivity index (χ0n) is 11.3. The molecule has 0 radical (unpaired) electrons. The number of halogens is 1. The van der Waals surface area contributed by atoms with Crippen molar-refractivity contribution < 1.29 is 5.11 Å². The molecular formula is C13H20ClN3O2. The molecule has 106 valence electrons. The fraction of sp³-hybridized carbons (Fsp3) is 0.692. The highest BCUT2D eigenvalue weighted by molar-refractivity contribution is 6.32. The third-order valence-electron chi connectivity index (χ3n) is 3.53. The molecule has 1 aliphatic rings. The van der Waals surface area contributed by atoms with Gasteiger partial charge in [0.1, 0.15) is 5.69 Å². The predicted octanol–water partition coefficient (Wildman–Crippen LogP) is 1.88. The lowest BCUT2D eigenvalue weighted by molar-refractivity contribution is 0.0697. The van der Waals surface area contributed by atoms with Crippen molar-refractivity contribution in [1.29, 1.82) is 0 Å². The summed E-state index contributed by atoms with van der Waals surface area (Å²) in [5.74, 6) is 0.568. The first-order valence-corrected chi connectivity index (χ1v) is 7.02. The Morgan fingerprint density at radius 3 is 2.89 bits per heavy atom. The molecule has 1 saturated carbocycles. The van der Waals surface area contributed by atoms with Crippen LogP contribution in [0.15, 0.2) is 11.0 Å². The first kappa shape index (κ1) is 14.3. The summed E-state index contributed by atoms with van der Waals surface area (Å²) in [6, 6.07) is 0. The summed E-state index contributed by atoms with van der Waals surface area (Å²) in [7, 11) is 0. The maximum Gasteiger partial charge on any atom is 0.291 e. The fourth-order valence-electron chi connectivity index (χ4n) is 1.71. The van der Waals surface area contributed by atoms with Crippen molar-refractivity contribution in [2.45, 2.75) is 45.3 Å². The molecule has 2 rings (SSSR count). The van der Waals surface area contributed by atoms with Gasteiger partial charge in [-0.2, -0.15) is 5.10 Å². The Kier molecular flexibility index (Phi) is 4.16. The van der Waals surface area contributed by atoms with Crippen molar-refractivity contribution in [2.24, 2.45) is 5.92 Å². The van der Waals surface area contributed by atoms with E-state index < -0.39 is 5.60 Å². The van der Waals surface area contributed by atoms with E-state index >= 15 is 0 Å². The molecule has 1 unspecified atom stereocenters. The minimum Gasteiger partial charge on any atom is -0.388 e. The molecule has 2 N–H and O–H groups in total. The van der Waals surface area contributed by atoms with Gasteiger partial charge in [-0.15, -0.1) is 0 Å². The van der Waals surface area contributed by atoms with E-state index in [1.807, 2.05) is 6.92 Å². The van der Waals surface area contributed by atoms with Gasteiger partial charge < -0.3 is 10.4 Å². The van der Waals surface area contributed by atoms with Crippen molar-refractivity contribution in [3.05, 3.63) is 21.6 Å². The van der Waals surface area contributed by atoms with Gasteiger partial charge >= 0.3 is 0 Å². The average molecular weight is 286 g/mol. The first-order valence-electron chi connectivity index (χ1n) is 6.65. The Morgan fingerprint density at radius 1 is 1.63 bits per heavy atom. The lowest BCUT2D eigenvalue weighted by Crippen LogP contribution is -2.35. The van der Waals surface area contributed by atoms with Crippen LogP contribution < -0.4 is 10.9 Å². The van der Waals surface area contributed by atoms with Crippen LogP contribution in [0.4, 0.5) is 5.69 Å². The molecular weight excluding hydrogens is 266 g/mol. The van der Waals surface area contributed by atoms with Crippen LogP contribution in [0, 0.1) is 5.92 Å². The van der Waals surface area contributed by atoms with Crippen molar-refractivity contribution in [3.63, 3.8) is 0 Å². The lowest BCUT2D eigenvalue weighted by Gasteiger charge is -2.22. The number of hydrogen-bond acceptors (Lipinski definition) is 4. The summed E-state index contributed by atoms with van der Waals surface area (Å²) < 4.78 is 1.45. The topological polar surface area (TPSA) is 67.2 Å². The summed E-state index contributed by atoms with van der Waals surface area (Å²) in [4.78, 5) is 12.2. The van der Waals surface area contributed by atoms with E-state index in [4.69, 9.17) is 11.6 Å². The van der Waals surface area contributed by atoms with E-state index in [0.29, 0.717) is 29.6 Å². The third-order valence-corrected chi connectivity index (χ3v) is 3.82. The van der Waals surface area contributed by atoms with Gasteiger partial charge in [0.05, 0.1) is 16.8 Å². The number of anilines is 1. The zero-order valence-corrected chi connectivity index (χ0v) is 12.1. The summed E-state index contributed by atoms with van der Waals surface area (Å²) >= 11 is 6.01. The molecule has 6 heteroatoms. The largest absolute Gasteiger partial charge is 0.388 e. The van der Waals surface area contributed by atoms with Crippen LogP contribution in [-0.2, 0) is 6.54 Å². The summed E-state index contributed by atoms with van der Waals surface area (Å²) in [5.41, 5.74) is -0.752. The van der Waals surface area contributed by atoms with Crippen molar-refractivity contribution >= 4 is 17.3 Å². The van der Waals surface area contributed by atoms with E-state index in [9.17, 15) is 9.90 Å². The number of hydrogen-bond donors (Lipinski definition) is 2. The summed E-state index contributed by atoms with van der Waals surface area (Å²) in [5, 5.41) is 17.3. The number of nitrogens with zero attached hydrogens (tertiary/aromatic N) is 2.